The summed E-state index contributed by atoms with van der Waals surface area (Å²) in [6.07, 6.45) is 5.99. The second-order valence-corrected chi connectivity index (χ2v) is 4.07. The predicted molar refractivity (Wildman–Crippen MR) is 64.9 cm³/mol. The van der Waals surface area contributed by atoms with Gasteiger partial charge in [0, 0.05) is 0 Å². The van der Waals surface area contributed by atoms with Gasteiger partial charge in [0.2, 0.25) is 12.2 Å². The van der Waals surface area contributed by atoms with Crippen molar-refractivity contribution in [1.82, 2.24) is 0 Å². The summed E-state index contributed by atoms with van der Waals surface area (Å²) in [5, 5.41) is 9.23. The van der Waals surface area contributed by atoms with Crippen LogP contribution in [0.5, 0.6) is 0 Å². The van der Waals surface area contributed by atoms with Crippen LogP contribution in [0.4, 0.5) is 0 Å². The Bertz CT molecular complexity index is 353. The van der Waals surface area contributed by atoms with Crippen LogP contribution >= 0.6 is 0 Å². The van der Waals surface area contributed by atoms with Crippen LogP contribution in [0.1, 0.15) is 45.4 Å². The van der Waals surface area contributed by atoms with Crippen LogP contribution < -0.4 is 0 Å². The fourth-order valence-electron chi connectivity index (χ4n) is 1.71. The Hall–Kier alpha value is -1.77. The van der Waals surface area contributed by atoms with Crippen LogP contribution in [0.25, 0.3) is 0 Å². The van der Waals surface area contributed by atoms with Crippen molar-refractivity contribution in [2.24, 2.45) is 9.98 Å². The summed E-state index contributed by atoms with van der Waals surface area (Å²) in [6.45, 7) is 2.26. The van der Waals surface area contributed by atoms with Crippen molar-refractivity contribution >= 4 is 18.1 Å². The van der Waals surface area contributed by atoms with E-state index in [4.69, 9.17) is 0 Å². The van der Waals surface area contributed by atoms with Gasteiger partial charge in [-0.05, 0) is 25.7 Å². The number of isocyanates is 2. The molecule has 0 aromatic carbocycles. The molecule has 0 saturated heterocycles. The third-order valence-electron chi connectivity index (χ3n) is 2.78. The van der Waals surface area contributed by atoms with E-state index in [1.165, 1.54) is 12.2 Å². The molecule has 0 aromatic rings. The Kier molecular flexibility index (Phi) is 8.37. The molecule has 0 fully saturated rings. The molecular formula is C12H18N2O4. The first kappa shape index (κ1) is 16.2. The van der Waals surface area contributed by atoms with E-state index in [0.29, 0.717) is 32.2 Å². The minimum atomic E-state index is -1.37. The number of carboxylic acid groups (broad SMARTS) is 1. The van der Waals surface area contributed by atoms with E-state index in [-0.39, 0.29) is 6.42 Å². The van der Waals surface area contributed by atoms with E-state index in [1.54, 1.807) is 0 Å². The van der Waals surface area contributed by atoms with Gasteiger partial charge in [0.05, 0.1) is 6.54 Å². The highest BCUT2D eigenvalue weighted by Crippen LogP contribution is 2.26. The summed E-state index contributed by atoms with van der Waals surface area (Å²) in [7, 11) is 0. The molecule has 0 rings (SSSR count). The number of carbonyl (C=O) groups excluding carboxylic acids is 2. The zero-order chi connectivity index (χ0) is 13.9. The van der Waals surface area contributed by atoms with Gasteiger partial charge in [-0.15, -0.1) is 0 Å². The van der Waals surface area contributed by atoms with Crippen LogP contribution in [0, 0.1) is 0 Å². The summed E-state index contributed by atoms with van der Waals surface area (Å²) in [4.78, 5) is 38.4. The zero-order valence-corrected chi connectivity index (χ0v) is 10.5. The van der Waals surface area contributed by atoms with Crippen molar-refractivity contribution < 1.29 is 19.5 Å². The standard InChI is InChI=1S/C12H18N2O4/c1-2-3-6-12(11(17)18,14-10-16)7-4-5-8-13-9-15/h2-8H2,1H3,(H,17,18). The molecular weight excluding hydrogens is 236 g/mol. The van der Waals surface area contributed by atoms with E-state index >= 15 is 0 Å². The second-order valence-electron chi connectivity index (χ2n) is 4.07. The maximum absolute atomic E-state index is 11.3. The Labute approximate surface area is 106 Å². The molecule has 0 saturated carbocycles. The van der Waals surface area contributed by atoms with Gasteiger partial charge >= 0.3 is 5.97 Å². The number of aliphatic imine (C=N–C) groups is 2. The molecule has 1 atom stereocenters. The molecule has 0 aliphatic carbocycles. The Morgan fingerprint density at radius 3 is 2.33 bits per heavy atom. The van der Waals surface area contributed by atoms with Crippen LogP contribution in [-0.4, -0.2) is 35.3 Å². The van der Waals surface area contributed by atoms with Crippen LogP contribution in [0.3, 0.4) is 0 Å². The van der Waals surface area contributed by atoms with Crippen LogP contribution in [0.15, 0.2) is 9.98 Å². The Morgan fingerprint density at radius 2 is 1.83 bits per heavy atom. The second kappa shape index (κ2) is 9.28. The van der Waals surface area contributed by atoms with Gasteiger partial charge in [0.25, 0.3) is 0 Å². The molecule has 18 heavy (non-hydrogen) atoms. The lowest BCUT2D eigenvalue weighted by molar-refractivity contribution is -0.143. The Balaban J connectivity index is 4.57. The zero-order valence-electron chi connectivity index (χ0n) is 10.5. The summed E-state index contributed by atoms with van der Waals surface area (Å²) in [5.74, 6) is -1.10. The van der Waals surface area contributed by atoms with Crippen LogP contribution in [0.2, 0.25) is 0 Å². The summed E-state index contributed by atoms with van der Waals surface area (Å²) < 4.78 is 0. The fourth-order valence-corrected chi connectivity index (χ4v) is 1.71. The lowest BCUT2D eigenvalue weighted by atomic mass is 9.88. The molecule has 0 aliphatic heterocycles. The molecule has 0 radical (unpaired) electrons. The van der Waals surface area contributed by atoms with Crippen LogP contribution in [-0.2, 0) is 14.4 Å². The number of hydrogen-bond donors (Lipinski definition) is 1. The predicted octanol–water partition coefficient (Wildman–Crippen LogP) is 1.84. The van der Waals surface area contributed by atoms with Gasteiger partial charge in [-0.3, -0.25) is 0 Å². The molecule has 0 spiro atoms. The van der Waals surface area contributed by atoms with Gasteiger partial charge < -0.3 is 5.11 Å². The van der Waals surface area contributed by atoms with E-state index in [1.807, 2.05) is 6.92 Å². The van der Waals surface area contributed by atoms with E-state index in [2.05, 4.69) is 9.98 Å². The first-order chi connectivity index (χ1) is 8.63. The highest BCUT2D eigenvalue weighted by molar-refractivity contribution is 5.80. The highest BCUT2D eigenvalue weighted by atomic mass is 16.4. The number of nitrogens with zero attached hydrogens (tertiary/aromatic N) is 2. The first-order valence-electron chi connectivity index (χ1n) is 5.99. The summed E-state index contributed by atoms with van der Waals surface area (Å²) in [6, 6.07) is 0. The molecule has 100 valence electrons. The van der Waals surface area contributed by atoms with Crippen molar-refractivity contribution in [3.8, 4) is 0 Å². The maximum atomic E-state index is 11.3. The SMILES string of the molecule is CCCCC(CCCCN=C=O)(N=C=O)C(=O)O. The summed E-state index contributed by atoms with van der Waals surface area (Å²) in [5.41, 5.74) is -1.37. The van der Waals surface area contributed by atoms with Gasteiger partial charge in [-0.2, -0.15) is 4.99 Å². The molecule has 0 bridgehead atoms. The monoisotopic (exact) mass is 254 g/mol. The molecule has 0 aromatic heterocycles. The van der Waals surface area contributed by atoms with Crippen molar-refractivity contribution in [2.45, 2.75) is 51.0 Å². The lowest BCUT2D eigenvalue weighted by Gasteiger charge is -2.23. The minimum Gasteiger partial charge on any atom is -0.479 e. The average molecular weight is 254 g/mol. The minimum absolute atomic E-state index is 0.256. The molecule has 0 aliphatic rings. The molecule has 6 nitrogen and oxygen atoms in total. The summed E-state index contributed by atoms with van der Waals surface area (Å²) >= 11 is 0. The molecule has 0 amide bonds. The number of aliphatic carboxylic acids is 1. The smallest absolute Gasteiger partial charge is 0.332 e. The van der Waals surface area contributed by atoms with Crippen molar-refractivity contribution in [1.29, 1.82) is 0 Å². The van der Waals surface area contributed by atoms with Gasteiger partial charge in [-0.25, -0.2) is 19.4 Å². The normalized spacial score (nSPS) is 12.9. The molecule has 1 unspecified atom stereocenters. The maximum Gasteiger partial charge on any atom is 0.332 e. The first-order valence-corrected chi connectivity index (χ1v) is 5.99. The highest BCUT2D eigenvalue weighted by Gasteiger charge is 2.37. The van der Waals surface area contributed by atoms with Crippen molar-refractivity contribution in [2.75, 3.05) is 6.54 Å². The quantitative estimate of drug-likeness (QED) is 0.365. The number of rotatable bonds is 10. The lowest BCUT2D eigenvalue weighted by Crippen LogP contribution is -2.36. The molecule has 0 heterocycles. The number of carbonyl (C=O) groups is 1. The largest absolute Gasteiger partial charge is 0.479 e. The van der Waals surface area contributed by atoms with E-state index < -0.39 is 11.5 Å². The van der Waals surface area contributed by atoms with Crippen molar-refractivity contribution in [3.05, 3.63) is 0 Å². The number of carboxylic acids is 1. The van der Waals surface area contributed by atoms with E-state index in [9.17, 15) is 19.5 Å². The van der Waals surface area contributed by atoms with Crippen molar-refractivity contribution in [3.63, 3.8) is 0 Å². The molecule has 1 N–H and O–H groups in total. The average Bonchev–Trinajstić information content (AvgIpc) is 2.35. The third kappa shape index (κ3) is 5.53. The topological polar surface area (TPSA) is 96.2 Å². The Morgan fingerprint density at radius 1 is 1.17 bits per heavy atom. The van der Waals surface area contributed by atoms with Gasteiger partial charge in [0.1, 0.15) is 0 Å². The number of hydrogen-bond acceptors (Lipinski definition) is 5. The third-order valence-corrected chi connectivity index (χ3v) is 2.78. The van der Waals surface area contributed by atoms with Gasteiger partial charge in [0.15, 0.2) is 5.54 Å². The van der Waals surface area contributed by atoms with Gasteiger partial charge in [-0.1, -0.05) is 19.8 Å². The molecule has 6 heteroatoms. The fraction of sp³-hybridized carbons (Fsp3) is 0.750. The van der Waals surface area contributed by atoms with E-state index in [0.717, 1.165) is 6.42 Å². The number of unbranched alkanes of at least 4 members (excludes halogenated alkanes) is 2.